The highest BCUT2D eigenvalue weighted by Crippen LogP contribution is 2.38. The lowest BCUT2D eigenvalue weighted by molar-refractivity contribution is 0.356. The maximum atomic E-state index is 11.7. The largest absolute Gasteiger partial charge is 0.496 e. The molecule has 0 heterocycles. The molecule has 0 saturated carbocycles. The van der Waals surface area contributed by atoms with Crippen molar-refractivity contribution in [2.75, 3.05) is 14.2 Å². The third-order valence-electron chi connectivity index (χ3n) is 2.36. The zero-order valence-electron chi connectivity index (χ0n) is 8.61. The van der Waals surface area contributed by atoms with Crippen molar-refractivity contribution in [2.45, 2.75) is 0 Å². The molecule has 0 saturated heterocycles. The molecule has 1 radical (unpaired) electrons. The van der Waals surface area contributed by atoms with Crippen molar-refractivity contribution < 1.29 is 14.6 Å². The summed E-state index contributed by atoms with van der Waals surface area (Å²) in [6, 6.07) is 8.61. The van der Waals surface area contributed by atoms with Gasteiger partial charge in [-0.1, -0.05) is 12.1 Å². The Morgan fingerprint density at radius 2 is 1.60 bits per heavy atom. The zero-order chi connectivity index (χ0) is 10.8. The molecule has 3 nitrogen and oxygen atoms in total. The van der Waals surface area contributed by atoms with Crippen molar-refractivity contribution >= 4 is 10.8 Å². The van der Waals surface area contributed by atoms with Crippen LogP contribution in [0, 0.1) is 0 Å². The Labute approximate surface area is 87.9 Å². The summed E-state index contributed by atoms with van der Waals surface area (Å²) in [4.78, 5) is 0. The van der Waals surface area contributed by atoms with Gasteiger partial charge in [0.25, 0.3) is 0 Å². The molecule has 0 bridgehead atoms. The molecule has 3 heteroatoms. The van der Waals surface area contributed by atoms with E-state index in [0.717, 1.165) is 5.39 Å². The Morgan fingerprint density at radius 1 is 0.933 bits per heavy atom. The lowest BCUT2D eigenvalue weighted by atomic mass is 10.1. The van der Waals surface area contributed by atoms with Crippen molar-refractivity contribution in [2.24, 2.45) is 0 Å². The van der Waals surface area contributed by atoms with Crippen LogP contribution in [-0.2, 0) is 5.11 Å². The van der Waals surface area contributed by atoms with E-state index in [1.807, 2.05) is 6.07 Å². The standard InChI is InChI=1S/C12H11O3/c1-14-10-6-7-11(15-2)12-8(10)4-3-5-9(12)13/h3-7H,1-2H3. The quantitative estimate of drug-likeness (QED) is 0.752. The van der Waals surface area contributed by atoms with Gasteiger partial charge in [0.15, 0.2) is 5.75 Å². The van der Waals surface area contributed by atoms with Gasteiger partial charge in [-0.05, 0) is 18.2 Å². The van der Waals surface area contributed by atoms with Crippen molar-refractivity contribution in [3.8, 4) is 17.2 Å². The van der Waals surface area contributed by atoms with Gasteiger partial charge in [-0.25, -0.2) is 0 Å². The minimum absolute atomic E-state index is 0.0525. The van der Waals surface area contributed by atoms with Gasteiger partial charge in [-0.2, -0.15) is 0 Å². The smallest absolute Gasteiger partial charge is 0.190 e. The summed E-state index contributed by atoms with van der Waals surface area (Å²) in [6.45, 7) is 0. The first-order valence-corrected chi connectivity index (χ1v) is 4.58. The highest BCUT2D eigenvalue weighted by molar-refractivity contribution is 5.97. The van der Waals surface area contributed by atoms with Crippen molar-refractivity contribution in [3.05, 3.63) is 30.3 Å². The Morgan fingerprint density at radius 3 is 2.27 bits per heavy atom. The summed E-state index contributed by atoms with van der Waals surface area (Å²) in [5, 5.41) is 13.0. The molecular weight excluding hydrogens is 192 g/mol. The molecule has 0 aliphatic rings. The Kier molecular flexibility index (Phi) is 2.37. The van der Waals surface area contributed by atoms with E-state index in [4.69, 9.17) is 9.47 Å². The number of rotatable bonds is 2. The first-order chi connectivity index (χ1) is 7.27. The molecular formula is C12H11O3. The topological polar surface area (TPSA) is 38.4 Å². The van der Waals surface area contributed by atoms with E-state index >= 15 is 0 Å². The van der Waals surface area contributed by atoms with Gasteiger partial charge in [0.2, 0.25) is 0 Å². The summed E-state index contributed by atoms with van der Waals surface area (Å²) >= 11 is 0. The van der Waals surface area contributed by atoms with Crippen molar-refractivity contribution in [1.29, 1.82) is 0 Å². The van der Waals surface area contributed by atoms with Crippen molar-refractivity contribution in [1.82, 2.24) is 0 Å². The number of methoxy groups -OCH3 is 2. The Balaban J connectivity index is 2.86. The molecule has 15 heavy (non-hydrogen) atoms. The Hall–Kier alpha value is -1.90. The van der Waals surface area contributed by atoms with Gasteiger partial charge in [-0.15, -0.1) is 0 Å². The van der Waals surface area contributed by atoms with Crippen LogP contribution >= 0.6 is 0 Å². The molecule has 0 aliphatic carbocycles. The second-order valence-electron chi connectivity index (χ2n) is 3.15. The molecule has 0 amide bonds. The van der Waals surface area contributed by atoms with Crippen LogP contribution in [0.25, 0.3) is 10.8 Å². The molecule has 0 spiro atoms. The summed E-state index contributed by atoms with van der Waals surface area (Å²) in [7, 11) is 3.13. The van der Waals surface area contributed by atoms with Gasteiger partial charge in [-0.3, -0.25) is 5.11 Å². The second-order valence-corrected chi connectivity index (χ2v) is 3.15. The van der Waals surface area contributed by atoms with Crippen molar-refractivity contribution in [3.63, 3.8) is 0 Å². The molecule has 0 atom stereocenters. The summed E-state index contributed by atoms with van der Waals surface area (Å²) in [5.41, 5.74) is 0. The molecule has 2 aromatic rings. The molecule has 0 N–H and O–H groups in total. The SMILES string of the molecule is COc1ccc(OC)c2c([O])cccc12. The number of hydrogen-bond acceptors (Lipinski definition) is 2. The van der Waals surface area contributed by atoms with Crippen LogP contribution < -0.4 is 9.47 Å². The van der Waals surface area contributed by atoms with Crippen LogP contribution in [0.1, 0.15) is 0 Å². The van der Waals surface area contributed by atoms with E-state index < -0.39 is 0 Å². The summed E-state index contributed by atoms with van der Waals surface area (Å²) in [6.07, 6.45) is 0. The fraction of sp³-hybridized carbons (Fsp3) is 0.167. The van der Waals surface area contributed by atoms with Crippen LogP contribution in [0.4, 0.5) is 0 Å². The Bertz CT molecular complexity index is 491. The third-order valence-corrected chi connectivity index (χ3v) is 2.36. The monoisotopic (exact) mass is 203 g/mol. The first-order valence-electron chi connectivity index (χ1n) is 4.58. The fourth-order valence-corrected chi connectivity index (χ4v) is 1.66. The first kappa shape index (κ1) is 9.65. The maximum Gasteiger partial charge on any atom is 0.190 e. The maximum absolute atomic E-state index is 11.7. The van der Waals surface area contributed by atoms with E-state index in [0.29, 0.717) is 16.9 Å². The minimum atomic E-state index is -0.0525. The highest BCUT2D eigenvalue weighted by Gasteiger charge is 2.11. The van der Waals surface area contributed by atoms with Gasteiger partial charge in [0, 0.05) is 5.39 Å². The van der Waals surface area contributed by atoms with E-state index in [1.54, 1.807) is 32.4 Å². The van der Waals surface area contributed by atoms with Gasteiger partial charge < -0.3 is 9.47 Å². The van der Waals surface area contributed by atoms with Crippen LogP contribution in [0.2, 0.25) is 0 Å². The van der Waals surface area contributed by atoms with Gasteiger partial charge in [0.1, 0.15) is 11.5 Å². The van der Waals surface area contributed by atoms with Crippen LogP contribution in [-0.4, -0.2) is 14.2 Å². The summed E-state index contributed by atoms with van der Waals surface area (Å²) in [5.74, 6) is 1.21. The zero-order valence-corrected chi connectivity index (χ0v) is 8.61. The number of ether oxygens (including phenoxy) is 2. The van der Waals surface area contributed by atoms with Crippen LogP contribution in [0.5, 0.6) is 17.2 Å². The van der Waals surface area contributed by atoms with E-state index in [2.05, 4.69) is 0 Å². The molecule has 0 aliphatic heterocycles. The average molecular weight is 203 g/mol. The van der Waals surface area contributed by atoms with E-state index in [-0.39, 0.29) is 5.75 Å². The molecule has 2 aromatic carbocycles. The van der Waals surface area contributed by atoms with E-state index in [9.17, 15) is 5.11 Å². The second kappa shape index (κ2) is 3.69. The van der Waals surface area contributed by atoms with Gasteiger partial charge >= 0.3 is 0 Å². The molecule has 77 valence electrons. The lowest BCUT2D eigenvalue weighted by Gasteiger charge is -2.09. The highest BCUT2D eigenvalue weighted by atomic mass is 16.5. The number of hydrogen-bond donors (Lipinski definition) is 0. The fourth-order valence-electron chi connectivity index (χ4n) is 1.66. The average Bonchev–Trinajstić information content (AvgIpc) is 2.28. The normalized spacial score (nSPS) is 10.3. The molecule has 0 unspecified atom stereocenters. The molecule has 0 fully saturated rings. The molecule has 0 aromatic heterocycles. The van der Waals surface area contributed by atoms with Crippen LogP contribution in [0.3, 0.4) is 0 Å². The molecule has 2 rings (SSSR count). The minimum Gasteiger partial charge on any atom is -0.496 e. The van der Waals surface area contributed by atoms with Gasteiger partial charge in [0.05, 0.1) is 19.6 Å². The van der Waals surface area contributed by atoms with Crippen LogP contribution in [0.15, 0.2) is 30.3 Å². The number of benzene rings is 2. The lowest BCUT2D eigenvalue weighted by Crippen LogP contribution is -1.89. The van der Waals surface area contributed by atoms with E-state index in [1.165, 1.54) is 6.07 Å². The predicted molar refractivity (Wildman–Crippen MR) is 57.2 cm³/mol. The number of fused-ring (bicyclic) bond motifs is 1. The third kappa shape index (κ3) is 1.46. The predicted octanol–water partition coefficient (Wildman–Crippen LogP) is 3.00. The summed E-state index contributed by atoms with van der Waals surface area (Å²) < 4.78 is 10.3.